The summed E-state index contributed by atoms with van der Waals surface area (Å²) in [5.74, 6) is 0.581. The number of carbonyl (C=O) groups excluding carboxylic acids is 1. The van der Waals surface area contributed by atoms with E-state index in [1.54, 1.807) is 0 Å². The molecule has 1 amide bonds. The number of hydrogen-bond donors (Lipinski definition) is 1. The topological polar surface area (TPSA) is 29.1 Å². The Hall–Kier alpha value is -1.05. The smallest absolute Gasteiger partial charge is 0.227 e. The van der Waals surface area contributed by atoms with Gasteiger partial charge in [-0.3, -0.25) is 4.79 Å². The van der Waals surface area contributed by atoms with Gasteiger partial charge in [-0.05, 0) is 26.2 Å². The minimum absolute atomic E-state index is 0.0370. The average Bonchev–Trinajstić information content (AvgIpc) is 2.11. The van der Waals surface area contributed by atoms with E-state index in [4.69, 9.17) is 0 Å². The highest BCUT2D eigenvalue weighted by molar-refractivity contribution is 5.81. The monoisotopic (exact) mass is 179 g/mol. The molecule has 0 bridgehead atoms. The van der Waals surface area contributed by atoms with E-state index >= 15 is 0 Å². The lowest BCUT2D eigenvalue weighted by Crippen LogP contribution is -2.40. The Labute approximate surface area is 79.7 Å². The van der Waals surface area contributed by atoms with Crippen molar-refractivity contribution in [1.82, 2.24) is 5.32 Å². The van der Waals surface area contributed by atoms with Crippen LogP contribution < -0.4 is 5.32 Å². The second-order valence-electron chi connectivity index (χ2n) is 3.32. The molecule has 2 unspecified atom stereocenters. The lowest BCUT2D eigenvalue weighted by Gasteiger charge is -2.26. The molecule has 0 aromatic heterocycles. The van der Waals surface area contributed by atoms with Crippen LogP contribution in [0, 0.1) is 11.8 Å². The van der Waals surface area contributed by atoms with Crippen LogP contribution in [0.2, 0.25) is 0 Å². The van der Waals surface area contributed by atoms with Crippen molar-refractivity contribution in [3.63, 3.8) is 0 Å². The highest BCUT2D eigenvalue weighted by Crippen LogP contribution is 2.22. The molecular weight excluding hydrogens is 162 g/mol. The zero-order chi connectivity index (χ0) is 9.68. The zero-order valence-electron chi connectivity index (χ0n) is 8.29. The molecule has 0 aliphatic carbocycles. The quantitative estimate of drug-likeness (QED) is 0.644. The first-order valence-corrected chi connectivity index (χ1v) is 4.83. The van der Waals surface area contributed by atoms with Crippen LogP contribution >= 0.6 is 0 Å². The molecule has 1 saturated heterocycles. The van der Waals surface area contributed by atoms with Crippen molar-refractivity contribution in [3.8, 4) is 0 Å². The van der Waals surface area contributed by atoms with E-state index in [0.717, 1.165) is 13.0 Å². The summed E-state index contributed by atoms with van der Waals surface area (Å²) in [5, 5.41) is 2.88. The summed E-state index contributed by atoms with van der Waals surface area (Å²) in [5.41, 5.74) is 0. The summed E-state index contributed by atoms with van der Waals surface area (Å²) in [6, 6.07) is 0. The van der Waals surface area contributed by atoms with Crippen molar-refractivity contribution in [2.45, 2.75) is 20.3 Å². The van der Waals surface area contributed by atoms with Crippen molar-refractivity contribution in [1.29, 1.82) is 0 Å². The molecule has 1 fully saturated rings. The lowest BCUT2D eigenvalue weighted by molar-refractivity contribution is -0.126. The molecule has 0 spiro atoms. The summed E-state index contributed by atoms with van der Waals surface area (Å²) in [4.78, 5) is 11.5. The van der Waals surface area contributed by atoms with E-state index in [-0.39, 0.29) is 11.8 Å². The van der Waals surface area contributed by atoms with Crippen molar-refractivity contribution in [2.24, 2.45) is 11.8 Å². The Kier molecular flexibility index (Phi) is 3.74. The SMILES string of the molecule is C/C=C/C1CCNC(=O)C1/C=C/C. The molecule has 1 aliphatic rings. The molecule has 13 heavy (non-hydrogen) atoms. The standard InChI is InChI=1S/C11H17NO/c1-3-5-9-7-8-12-11(13)10(9)6-4-2/h3-6,9-10H,7-8H2,1-2H3,(H,12,13)/b5-3+,6-4+. The Morgan fingerprint density at radius 3 is 2.62 bits per heavy atom. The van der Waals surface area contributed by atoms with Gasteiger partial charge in [-0.25, -0.2) is 0 Å². The molecule has 0 saturated carbocycles. The van der Waals surface area contributed by atoms with Gasteiger partial charge in [0.2, 0.25) is 5.91 Å². The van der Waals surface area contributed by atoms with E-state index < -0.39 is 0 Å². The maximum absolute atomic E-state index is 11.5. The van der Waals surface area contributed by atoms with Gasteiger partial charge in [-0.2, -0.15) is 0 Å². The molecule has 1 N–H and O–H groups in total. The number of amides is 1. The van der Waals surface area contributed by atoms with E-state index in [1.807, 2.05) is 32.1 Å². The molecule has 2 nitrogen and oxygen atoms in total. The number of hydrogen-bond acceptors (Lipinski definition) is 1. The predicted octanol–water partition coefficient (Wildman–Crippen LogP) is 1.89. The summed E-state index contributed by atoms with van der Waals surface area (Å²) >= 11 is 0. The third-order valence-electron chi connectivity index (χ3n) is 2.38. The van der Waals surface area contributed by atoms with Gasteiger partial charge in [-0.15, -0.1) is 0 Å². The van der Waals surface area contributed by atoms with Gasteiger partial charge >= 0.3 is 0 Å². The summed E-state index contributed by atoms with van der Waals surface area (Å²) in [6.45, 7) is 4.76. The third kappa shape index (κ3) is 2.44. The maximum Gasteiger partial charge on any atom is 0.227 e. The first-order chi connectivity index (χ1) is 6.29. The maximum atomic E-state index is 11.5. The van der Waals surface area contributed by atoms with Crippen LogP contribution in [0.1, 0.15) is 20.3 Å². The van der Waals surface area contributed by atoms with Crippen LogP contribution in [0.5, 0.6) is 0 Å². The van der Waals surface area contributed by atoms with Gasteiger partial charge < -0.3 is 5.32 Å². The molecule has 2 atom stereocenters. The molecule has 0 aromatic rings. The summed E-state index contributed by atoms with van der Waals surface area (Å²) in [6.07, 6.45) is 9.14. The fraction of sp³-hybridized carbons (Fsp3) is 0.545. The Balaban J connectivity index is 2.73. The van der Waals surface area contributed by atoms with Crippen molar-refractivity contribution < 1.29 is 4.79 Å². The highest BCUT2D eigenvalue weighted by Gasteiger charge is 2.27. The van der Waals surface area contributed by atoms with E-state index in [0.29, 0.717) is 5.92 Å². The van der Waals surface area contributed by atoms with Crippen LogP contribution in [0.4, 0.5) is 0 Å². The predicted molar refractivity (Wildman–Crippen MR) is 54.2 cm³/mol. The average molecular weight is 179 g/mol. The Morgan fingerprint density at radius 2 is 2.00 bits per heavy atom. The Bertz CT molecular complexity index is 230. The minimum Gasteiger partial charge on any atom is -0.356 e. The molecular formula is C11H17NO. The van der Waals surface area contributed by atoms with Gasteiger partial charge in [0, 0.05) is 6.54 Å². The first kappa shape index (κ1) is 10.0. The number of piperidine rings is 1. The number of carbonyl (C=O) groups is 1. The Morgan fingerprint density at radius 1 is 1.31 bits per heavy atom. The van der Waals surface area contributed by atoms with Crippen LogP contribution in [0.25, 0.3) is 0 Å². The second-order valence-corrected chi connectivity index (χ2v) is 3.32. The van der Waals surface area contributed by atoms with Crippen molar-refractivity contribution >= 4 is 5.91 Å². The van der Waals surface area contributed by atoms with Crippen LogP contribution in [0.15, 0.2) is 24.3 Å². The molecule has 1 aliphatic heterocycles. The number of nitrogens with one attached hydrogen (secondary N) is 1. The summed E-state index contributed by atoms with van der Waals surface area (Å²) in [7, 11) is 0. The van der Waals surface area contributed by atoms with Gasteiger partial charge in [0.05, 0.1) is 5.92 Å². The van der Waals surface area contributed by atoms with E-state index in [2.05, 4.69) is 11.4 Å². The molecule has 1 heterocycles. The van der Waals surface area contributed by atoms with Crippen LogP contribution in [-0.4, -0.2) is 12.5 Å². The van der Waals surface area contributed by atoms with Crippen molar-refractivity contribution in [3.05, 3.63) is 24.3 Å². The third-order valence-corrected chi connectivity index (χ3v) is 2.38. The minimum atomic E-state index is 0.0370. The molecule has 0 radical (unpaired) electrons. The normalized spacial score (nSPS) is 29.8. The largest absolute Gasteiger partial charge is 0.356 e. The second kappa shape index (κ2) is 4.85. The molecule has 1 rings (SSSR count). The van der Waals surface area contributed by atoms with E-state index in [1.165, 1.54) is 0 Å². The van der Waals surface area contributed by atoms with Crippen LogP contribution in [-0.2, 0) is 4.79 Å². The fourth-order valence-corrected chi connectivity index (χ4v) is 1.75. The summed E-state index contributed by atoms with van der Waals surface area (Å²) < 4.78 is 0. The van der Waals surface area contributed by atoms with Crippen LogP contribution in [0.3, 0.4) is 0 Å². The first-order valence-electron chi connectivity index (χ1n) is 4.83. The molecule has 72 valence electrons. The number of allylic oxidation sites excluding steroid dienone is 3. The highest BCUT2D eigenvalue weighted by atomic mass is 16.1. The van der Waals surface area contributed by atoms with Gasteiger partial charge in [0.1, 0.15) is 0 Å². The van der Waals surface area contributed by atoms with Gasteiger partial charge in [0.25, 0.3) is 0 Å². The molecule has 0 aromatic carbocycles. The fourth-order valence-electron chi connectivity index (χ4n) is 1.75. The van der Waals surface area contributed by atoms with E-state index in [9.17, 15) is 4.79 Å². The lowest BCUT2D eigenvalue weighted by atomic mass is 9.85. The molecule has 2 heteroatoms. The van der Waals surface area contributed by atoms with Gasteiger partial charge in [0.15, 0.2) is 0 Å². The van der Waals surface area contributed by atoms with Gasteiger partial charge in [-0.1, -0.05) is 24.3 Å². The zero-order valence-corrected chi connectivity index (χ0v) is 8.29. The number of rotatable bonds is 2. The van der Waals surface area contributed by atoms with Crippen molar-refractivity contribution in [2.75, 3.05) is 6.54 Å².